The molecule has 5 nitrogen and oxygen atoms in total. The Kier molecular flexibility index (Phi) is 4.60. The Morgan fingerprint density at radius 3 is 3.04 bits per heavy atom. The van der Waals surface area contributed by atoms with Crippen LogP contribution in [0.15, 0.2) is 18.3 Å². The van der Waals surface area contributed by atoms with Gasteiger partial charge in [-0.2, -0.15) is 0 Å². The number of ether oxygens (including phenoxy) is 1. The molecule has 0 atom stereocenters. The van der Waals surface area contributed by atoms with Crippen LogP contribution in [-0.2, 0) is 11.3 Å². The summed E-state index contributed by atoms with van der Waals surface area (Å²) >= 11 is 0. The van der Waals surface area contributed by atoms with Crippen molar-refractivity contribution < 1.29 is 4.74 Å². The molecule has 0 unspecified atom stereocenters. The Morgan fingerprint density at radius 1 is 1.22 bits per heavy atom. The van der Waals surface area contributed by atoms with Gasteiger partial charge >= 0.3 is 0 Å². The molecule has 2 aliphatic heterocycles. The number of hydrogen-bond acceptors (Lipinski definition) is 4. The Bertz CT molecular complexity index is 640. The molecule has 5 heteroatoms. The maximum absolute atomic E-state index is 5.61. The molecular weight excluding hydrogens is 288 g/mol. The fourth-order valence-corrected chi connectivity index (χ4v) is 3.91. The quantitative estimate of drug-likeness (QED) is 0.912. The van der Waals surface area contributed by atoms with Crippen LogP contribution in [-0.4, -0.2) is 54.3 Å². The van der Waals surface area contributed by atoms with Crippen molar-refractivity contribution >= 4 is 11.0 Å². The number of pyridine rings is 1. The van der Waals surface area contributed by atoms with Gasteiger partial charge < -0.3 is 15.0 Å². The van der Waals surface area contributed by atoms with Gasteiger partial charge in [-0.3, -0.25) is 4.90 Å². The molecule has 0 radical (unpaired) electrons. The van der Waals surface area contributed by atoms with Crippen LogP contribution in [0.3, 0.4) is 0 Å². The number of aromatic nitrogens is 2. The van der Waals surface area contributed by atoms with Gasteiger partial charge in [0.2, 0.25) is 0 Å². The molecule has 4 heterocycles. The molecule has 0 aromatic carbocycles. The molecule has 0 saturated carbocycles. The largest absolute Gasteiger partial charge is 0.380 e. The Labute approximate surface area is 137 Å². The van der Waals surface area contributed by atoms with Crippen LogP contribution in [0.1, 0.15) is 36.4 Å². The molecule has 4 rings (SSSR count). The first-order valence-corrected chi connectivity index (χ1v) is 8.88. The topological polar surface area (TPSA) is 53.2 Å². The van der Waals surface area contributed by atoms with Crippen molar-refractivity contribution in [1.29, 1.82) is 0 Å². The normalized spacial score (nSPS) is 21.6. The van der Waals surface area contributed by atoms with Crippen LogP contribution in [0.4, 0.5) is 0 Å². The van der Waals surface area contributed by atoms with Gasteiger partial charge in [0.15, 0.2) is 0 Å². The fraction of sp³-hybridized carbons (Fsp3) is 0.611. The first kappa shape index (κ1) is 15.1. The Hall–Kier alpha value is -1.43. The maximum atomic E-state index is 5.61. The molecule has 0 aliphatic carbocycles. The zero-order chi connectivity index (χ0) is 15.5. The highest BCUT2D eigenvalue weighted by molar-refractivity contribution is 5.81. The molecule has 0 amide bonds. The zero-order valence-corrected chi connectivity index (χ0v) is 13.7. The van der Waals surface area contributed by atoms with E-state index in [2.05, 4.69) is 32.3 Å². The van der Waals surface area contributed by atoms with Crippen molar-refractivity contribution in [2.75, 3.05) is 39.4 Å². The number of hydrogen-bond donors (Lipinski definition) is 2. The summed E-state index contributed by atoms with van der Waals surface area (Å²) in [5, 5.41) is 4.77. The zero-order valence-electron chi connectivity index (χ0n) is 13.7. The van der Waals surface area contributed by atoms with Crippen LogP contribution in [0.5, 0.6) is 0 Å². The molecular formula is C18H26N4O. The van der Waals surface area contributed by atoms with E-state index in [1.807, 2.05) is 6.20 Å². The summed E-state index contributed by atoms with van der Waals surface area (Å²) in [6.45, 7) is 7.14. The van der Waals surface area contributed by atoms with Gasteiger partial charge in [-0.15, -0.1) is 0 Å². The van der Waals surface area contributed by atoms with E-state index in [-0.39, 0.29) is 0 Å². The van der Waals surface area contributed by atoms with E-state index < -0.39 is 0 Å². The van der Waals surface area contributed by atoms with E-state index >= 15 is 0 Å². The molecule has 2 N–H and O–H groups in total. The molecule has 0 bridgehead atoms. The third-order valence-electron chi connectivity index (χ3n) is 5.16. The number of H-pyrrole nitrogens is 1. The molecule has 2 fully saturated rings. The van der Waals surface area contributed by atoms with E-state index in [9.17, 15) is 0 Å². The lowest BCUT2D eigenvalue weighted by molar-refractivity contribution is 0.140. The Balaban J connectivity index is 1.67. The summed E-state index contributed by atoms with van der Waals surface area (Å²) in [6.07, 6.45) is 5.43. The third-order valence-corrected chi connectivity index (χ3v) is 5.16. The second kappa shape index (κ2) is 6.99. The fourth-order valence-electron chi connectivity index (χ4n) is 3.91. The highest BCUT2D eigenvalue weighted by atomic mass is 16.5. The van der Waals surface area contributed by atoms with Crippen molar-refractivity contribution in [2.24, 2.45) is 0 Å². The number of nitrogens with zero attached hydrogens (tertiary/aromatic N) is 2. The van der Waals surface area contributed by atoms with Crippen LogP contribution in [0.25, 0.3) is 11.0 Å². The van der Waals surface area contributed by atoms with Crippen molar-refractivity contribution in [3.8, 4) is 0 Å². The number of rotatable bonds is 3. The molecule has 2 saturated heterocycles. The maximum Gasteiger partial charge on any atom is 0.137 e. The van der Waals surface area contributed by atoms with Crippen molar-refractivity contribution in [3.63, 3.8) is 0 Å². The third kappa shape index (κ3) is 3.27. The molecule has 2 aromatic rings. The Morgan fingerprint density at radius 2 is 2.13 bits per heavy atom. The van der Waals surface area contributed by atoms with Gasteiger partial charge in [-0.1, -0.05) is 0 Å². The first-order chi connectivity index (χ1) is 11.4. The molecule has 0 spiro atoms. The first-order valence-electron chi connectivity index (χ1n) is 8.88. The molecule has 23 heavy (non-hydrogen) atoms. The monoisotopic (exact) mass is 314 g/mol. The smallest absolute Gasteiger partial charge is 0.137 e. The van der Waals surface area contributed by atoms with Crippen LogP contribution >= 0.6 is 0 Å². The van der Waals surface area contributed by atoms with E-state index in [1.54, 1.807) is 0 Å². The van der Waals surface area contributed by atoms with Crippen LogP contribution in [0, 0.1) is 0 Å². The van der Waals surface area contributed by atoms with E-state index in [4.69, 9.17) is 4.74 Å². The van der Waals surface area contributed by atoms with Crippen molar-refractivity contribution in [1.82, 2.24) is 20.2 Å². The highest BCUT2D eigenvalue weighted by Gasteiger charge is 2.23. The summed E-state index contributed by atoms with van der Waals surface area (Å²) in [6, 6.07) is 4.27. The van der Waals surface area contributed by atoms with E-state index in [0.29, 0.717) is 5.92 Å². The highest BCUT2D eigenvalue weighted by Crippen LogP contribution is 2.32. The van der Waals surface area contributed by atoms with Gasteiger partial charge in [-0.25, -0.2) is 4.98 Å². The van der Waals surface area contributed by atoms with Gasteiger partial charge in [0.1, 0.15) is 5.65 Å². The second-order valence-corrected chi connectivity index (χ2v) is 6.68. The lowest BCUT2D eigenvalue weighted by Crippen LogP contribution is -2.29. The predicted octanol–water partition coefficient (Wildman–Crippen LogP) is 2.25. The minimum Gasteiger partial charge on any atom is -0.380 e. The van der Waals surface area contributed by atoms with Gasteiger partial charge in [0.05, 0.1) is 6.61 Å². The summed E-state index contributed by atoms with van der Waals surface area (Å²) < 4.78 is 5.61. The SMILES string of the molecule is c1cnc2[nH]c(C3CCNCC3)c(CN3CCCOCC3)c2c1. The molecule has 2 aliphatic rings. The standard InChI is InChI=1S/C18H26N4O/c1-3-15-16(13-22-9-2-11-23-12-10-22)17(21-18(15)20-6-1)14-4-7-19-8-5-14/h1,3,6,14,19H,2,4-5,7-13H2,(H,20,21). The van der Waals surface area contributed by atoms with Crippen molar-refractivity contribution in [3.05, 3.63) is 29.6 Å². The second-order valence-electron chi connectivity index (χ2n) is 6.68. The van der Waals surface area contributed by atoms with E-state index in [1.165, 1.54) is 29.5 Å². The van der Waals surface area contributed by atoms with Gasteiger partial charge in [-0.05, 0) is 50.0 Å². The number of aromatic amines is 1. The summed E-state index contributed by atoms with van der Waals surface area (Å²) in [7, 11) is 0. The number of piperidine rings is 1. The lowest BCUT2D eigenvalue weighted by atomic mass is 9.91. The minimum atomic E-state index is 0.628. The van der Waals surface area contributed by atoms with E-state index in [0.717, 1.165) is 58.0 Å². The average Bonchev–Trinajstić information content (AvgIpc) is 2.78. The average molecular weight is 314 g/mol. The molecule has 2 aromatic heterocycles. The summed E-state index contributed by atoms with van der Waals surface area (Å²) in [4.78, 5) is 10.7. The van der Waals surface area contributed by atoms with Crippen molar-refractivity contribution in [2.45, 2.75) is 31.7 Å². The predicted molar refractivity (Wildman–Crippen MR) is 91.7 cm³/mol. The minimum absolute atomic E-state index is 0.628. The molecule has 124 valence electrons. The van der Waals surface area contributed by atoms with Gasteiger partial charge in [0.25, 0.3) is 0 Å². The van der Waals surface area contributed by atoms with Crippen LogP contribution < -0.4 is 5.32 Å². The van der Waals surface area contributed by atoms with Gasteiger partial charge in [0, 0.05) is 49.4 Å². The number of nitrogens with one attached hydrogen (secondary N) is 2. The number of fused-ring (bicyclic) bond motifs is 1. The summed E-state index contributed by atoms with van der Waals surface area (Å²) in [5.74, 6) is 0.628. The lowest BCUT2D eigenvalue weighted by Gasteiger charge is -2.25. The summed E-state index contributed by atoms with van der Waals surface area (Å²) in [5.41, 5.74) is 3.93. The van der Waals surface area contributed by atoms with Crippen LogP contribution in [0.2, 0.25) is 0 Å².